The van der Waals surface area contributed by atoms with Crippen LogP contribution in [0.3, 0.4) is 0 Å². The second kappa shape index (κ2) is 5.94. The van der Waals surface area contributed by atoms with Gasteiger partial charge in [0.25, 0.3) is 0 Å². The average molecular weight is 198 g/mol. The van der Waals surface area contributed by atoms with Crippen LogP contribution in [0.1, 0.15) is 32.1 Å². The first-order valence-corrected chi connectivity index (χ1v) is 5.15. The number of aliphatic hydroxyl groups excluding tert-OH is 1. The predicted molar refractivity (Wildman–Crippen MR) is 54.0 cm³/mol. The number of hydrogen-bond acceptors (Lipinski definition) is 3. The molecule has 3 nitrogen and oxygen atoms in total. The van der Waals surface area contributed by atoms with Crippen LogP contribution in [0.5, 0.6) is 0 Å². The van der Waals surface area contributed by atoms with E-state index >= 15 is 0 Å². The predicted octanol–water partition coefficient (Wildman–Crippen LogP) is 1.45. The molecule has 1 aliphatic rings. The van der Waals surface area contributed by atoms with Crippen LogP contribution in [0.25, 0.3) is 0 Å². The Labute approximate surface area is 84.8 Å². The van der Waals surface area contributed by atoms with Gasteiger partial charge in [0, 0.05) is 13.0 Å². The van der Waals surface area contributed by atoms with Crippen molar-refractivity contribution >= 4 is 6.29 Å². The van der Waals surface area contributed by atoms with Gasteiger partial charge in [-0.15, -0.1) is 0 Å². The van der Waals surface area contributed by atoms with E-state index in [2.05, 4.69) is 6.58 Å². The molecule has 80 valence electrons. The Kier molecular flexibility index (Phi) is 4.84. The third kappa shape index (κ3) is 3.24. The maximum absolute atomic E-state index is 10.2. The third-order valence-corrected chi connectivity index (χ3v) is 2.53. The van der Waals surface area contributed by atoms with Crippen LogP contribution < -0.4 is 0 Å². The molecule has 3 heteroatoms. The first kappa shape index (κ1) is 11.4. The molecule has 1 heterocycles. The minimum absolute atomic E-state index is 0.0592. The maximum Gasteiger partial charge on any atom is 0.120 e. The summed E-state index contributed by atoms with van der Waals surface area (Å²) < 4.78 is 5.71. The van der Waals surface area contributed by atoms with E-state index in [1.54, 1.807) is 0 Å². The van der Waals surface area contributed by atoms with Gasteiger partial charge in [-0.05, 0) is 31.3 Å². The van der Waals surface area contributed by atoms with Gasteiger partial charge in [-0.1, -0.05) is 6.58 Å². The highest BCUT2D eigenvalue weighted by molar-refractivity contribution is 5.49. The van der Waals surface area contributed by atoms with Gasteiger partial charge in [-0.25, -0.2) is 0 Å². The first-order valence-electron chi connectivity index (χ1n) is 5.15. The molecule has 0 saturated carbocycles. The summed E-state index contributed by atoms with van der Waals surface area (Å²) in [6.45, 7) is 4.16. The number of carbonyl (C=O) groups is 1. The monoisotopic (exact) mass is 198 g/mol. The summed E-state index contributed by atoms with van der Waals surface area (Å²) in [5.74, 6) is 0. The summed E-state index contributed by atoms with van der Waals surface area (Å²) in [4.78, 5) is 10.2. The van der Waals surface area contributed by atoms with Crippen LogP contribution in [-0.4, -0.2) is 30.2 Å². The van der Waals surface area contributed by atoms with Crippen LogP contribution >= 0.6 is 0 Å². The maximum atomic E-state index is 10.2. The standard InChI is InChI=1S/C11H18O3/c1-9-8-10(4-2-6-12)14-11(9)5-3-7-13/h7,10-12H,1-6,8H2. The van der Waals surface area contributed by atoms with Gasteiger partial charge in [-0.2, -0.15) is 0 Å². The third-order valence-electron chi connectivity index (χ3n) is 2.53. The van der Waals surface area contributed by atoms with Crippen molar-refractivity contribution in [2.75, 3.05) is 6.61 Å². The lowest BCUT2D eigenvalue weighted by molar-refractivity contribution is -0.108. The van der Waals surface area contributed by atoms with E-state index < -0.39 is 0 Å². The highest BCUT2D eigenvalue weighted by atomic mass is 16.5. The number of hydrogen-bond donors (Lipinski definition) is 1. The zero-order valence-corrected chi connectivity index (χ0v) is 8.45. The van der Waals surface area contributed by atoms with Crippen LogP contribution in [0.2, 0.25) is 0 Å². The van der Waals surface area contributed by atoms with Gasteiger partial charge in [-0.3, -0.25) is 0 Å². The van der Waals surface area contributed by atoms with Gasteiger partial charge in [0.2, 0.25) is 0 Å². The van der Waals surface area contributed by atoms with E-state index in [0.29, 0.717) is 6.42 Å². The van der Waals surface area contributed by atoms with Crippen LogP contribution in [-0.2, 0) is 9.53 Å². The molecule has 0 aliphatic carbocycles. The normalized spacial score (nSPS) is 26.8. The molecule has 0 aromatic carbocycles. The topological polar surface area (TPSA) is 46.5 Å². The smallest absolute Gasteiger partial charge is 0.120 e. The van der Waals surface area contributed by atoms with Gasteiger partial charge in [0.05, 0.1) is 12.2 Å². The highest BCUT2D eigenvalue weighted by Gasteiger charge is 2.27. The van der Waals surface area contributed by atoms with E-state index in [4.69, 9.17) is 9.84 Å². The molecule has 1 aliphatic heterocycles. The van der Waals surface area contributed by atoms with Crippen molar-refractivity contribution in [3.05, 3.63) is 12.2 Å². The molecule has 1 rings (SSSR count). The molecule has 0 aromatic heterocycles. The number of carbonyl (C=O) groups excluding carboxylic acids is 1. The summed E-state index contributed by atoms with van der Waals surface area (Å²) in [7, 11) is 0. The van der Waals surface area contributed by atoms with Gasteiger partial charge >= 0.3 is 0 Å². The molecule has 0 bridgehead atoms. The fraction of sp³-hybridized carbons (Fsp3) is 0.727. The molecule has 0 amide bonds. The summed E-state index contributed by atoms with van der Waals surface area (Å²) in [6.07, 6.45) is 5.00. The van der Waals surface area contributed by atoms with Crippen molar-refractivity contribution in [2.45, 2.75) is 44.3 Å². The molecule has 1 N–H and O–H groups in total. The zero-order chi connectivity index (χ0) is 10.4. The Morgan fingerprint density at radius 1 is 1.57 bits per heavy atom. The summed E-state index contributed by atoms with van der Waals surface area (Å²) >= 11 is 0. The molecule has 2 unspecified atom stereocenters. The Balaban J connectivity index is 2.27. The van der Waals surface area contributed by atoms with E-state index in [1.165, 1.54) is 0 Å². The highest BCUT2D eigenvalue weighted by Crippen LogP contribution is 2.29. The molecular formula is C11H18O3. The van der Waals surface area contributed by atoms with Gasteiger partial charge < -0.3 is 14.6 Å². The molecular weight excluding hydrogens is 180 g/mol. The second-order valence-corrected chi connectivity index (χ2v) is 3.72. The average Bonchev–Trinajstić information content (AvgIpc) is 2.53. The van der Waals surface area contributed by atoms with E-state index in [9.17, 15) is 4.79 Å². The summed E-state index contributed by atoms with van der Waals surface area (Å²) in [6, 6.07) is 0. The molecule has 2 atom stereocenters. The lowest BCUT2D eigenvalue weighted by Crippen LogP contribution is -2.11. The molecule has 1 saturated heterocycles. The van der Waals surface area contributed by atoms with E-state index in [-0.39, 0.29) is 18.8 Å². The van der Waals surface area contributed by atoms with E-state index in [0.717, 1.165) is 37.5 Å². The van der Waals surface area contributed by atoms with Crippen molar-refractivity contribution < 1.29 is 14.6 Å². The minimum atomic E-state index is 0.0592. The quantitative estimate of drug-likeness (QED) is 0.519. The van der Waals surface area contributed by atoms with Crippen molar-refractivity contribution in [3.63, 3.8) is 0 Å². The minimum Gasteiger partial charge on any atom is -0.396 e. The molecule has 0 radical (unpaired) electrons. The van der Waals surface area contributed by atoms with E-state index in [1.807, 2.05) is 0 Å². The molecule has 14 heavy (non-hydrogen) atoms. The Hall–Kier alpha value is -0.670. The van der Waals surface area contributed by atoms with Crippen LogP contribution in [0, 0.1) is 0 Å². The van der Waals surface area contributed by atoms with Crippen molar-refractivity contribution in [2.24, 2.45) is 0 Å². The molecule has 0 aromatic rings. The lowest BCUT2D eigenvalue weighted by atomic mass is 10.0. The fourth-order valence-corrected chi connectivity index (χ4v) is 1.78. The largest absolute Gasteiger partial charge is 0.396 e. The second-order valence-electron chi connectivity index (χ2n) is 3.72. The summed E-state index contributed by atoms with van der Waals surface area (Å²) in [5, 5.41) is 8.68. The lowest BCUT2D eigenvalue weighted by Gasteiger charge is -2.11. The van der Waals surface area contributed by atoms with Crippen molar-refractivity contribution in [1.29, 1.82) is 0 Å². The number of aldehydes is 1. The zero-order valence-electron chi connectivity index (χ0n) is 8.45. The number of rotatable bonds is 6. The van der Waals surface area contributed by atoms with Crippen LogP contribution in [0.4, 0.5) is 0 Å². The number of aliphatic hydroxyl groups is 1. The molecule has 0 spiro atoms. The van der Waals surface area contributed by atoms with Crippen molar-refractivity contribution in [1.82, 2.24) is 0 Å². The Morgan fingerprint density at radius 2 is 2.36 bits per heavy atom. The van der Waals surface area contributed by atoms with Crippen LogP contribution in [0.15, 0.2) is 12.2 Å². The SMILES string of the molecule is C=C1CC(CCCO)OC1CCC=O. The first-order chi connectivity index (χ1) is 6.77. The van der Waals surface area contributed by atoms with Crippen molar-refractivity contribution in [3.8, 4) is 0 Å². The van der Waals surface area contributed by atoms with Gasteiger partial charge in [0.15, 0.2) is 0 Å². The van der Waals surface area contributed by atoms with Gasteiger partial charge in [0.1, 0.15) is 6.29 Å². The molecule has 1 fully saturated rings. The number of ether oxygens (including phenoxy) is 1. The summed E-state index contributed by atoms with van der Waals surface area (Å²) in [5.41, 5.74) is 1.09. The Bertz CT molecular complexity index is 201. The fourth-order valence-electron chi connectivity index (χ4n) is 1.78. The Morgan fingerprint density at radius 3 is 3.00 bits per heavy atom.